The van der Waals surface area contributed by atoms with E-state index in [0.717, 1.165) is 24.5 Å². The third kappa shape index (κ3) is 5.44. The van der Waals surface area contributed by atoms with Gasteiger partial charge in [-0.05, 0) is 36.4 Å². The Labute approximate surface area is 191 Å². The van der Waals surface area contributed by atoms with E-state index in [4.69, 9.17) is 4.74 Å². The molecule has 0 spiro atoms. The van der Waals surface area contributed by atoms with Gasteiger partial charge in [-0.1, -0.05) is 24.8 Å². The quantitative estimate of drug-likeness (QED) is 0.474. The van der Waals surface area contributed by atoms with Crippen molar-refractivity contribution in [3.8, 4) is 6.07 Å². The molecule has 0 saturated carbocycles. The highest BCUT2D eigenvalue weighted by molar-refractivity contribution is 6.02. The van der Waals surface area contributed by atoms with Crippen LogP contribution in [0, 0.1) is 11.3 Å². The highest BCUT2D eigenvalue weighted by Crippen LogP contribution is 2.31. The summed E-state index contributed by atoms with van der Waals surface area (Å²) in [5.41, 5.74) is 3.25. The fourth-order valence-corrected chi connectivity index (χ4v) is 3.34. The van der Waals surface area contributed by atoms with Crippen LogP contribution in [0.3, 0.4) is 0 Å². The number of benzene rings is 2. The van der Waals surface area contributed by atoms with Gasteiger partial charge in [0.1, 0.15) is 11.6 Å². The van der Waals surface area contributed by atoms with Crippen LogP contribution in [0.15, 0.2) is 67.4 Å². The van der Waals surface area contributed by atoms with Gasteiger partial charge in [0.25, 0.3) is 0 Å². The molecule has 9 nitrogen and oxygen atoms in total. The molecule has 0 unspecified atom stereocenters. The first-order chi connectivity index (χ1) is 16.2. The Morgan fingerprint density at radius 1 is 1.12 bits per heavy atom. The van der Waals surface area contributed by atoms with Gasteiger partial charge in [0.05, 0.1) is 30.8 Å². The lowest BCUT2D eigenvalue weighted by molar-refractivity contribution is -0.111. The molecule has 4 rings (SSSR count). The smallest absolute Gasteiger partial charge is 0.247 e. The van der Waals surface area contributed by atoms with Gasteiger partial charge in [0, 0.05) is 24.5 Å². The van der Waals surface area contributed by atoms with Gasteiger partial charge in [0.15, 0.2) is 5.82 Å². The number of amides is 1. The number of rotatable bonds is 7. The number of carbonyl (C=O) groups is 1. The number of nitrogens with one attached hydrogen (secondary N) is 3. The van der Waals surface area contributed by atoms with E-state index in [1.165, 1.54) is 12.3 Å². The van der Waals surface area contributed by atoms with Crippen LogP contribution in [0.2, 0.25) is 0 Å². The molecule has 1 aromatic heterocycles. The summed E-state index contributed by atoms with van der Waals surface area (Å²) in [6, 6.07) is 17.2. The van der Waals surface area contributed by atoms with E-state index in [2.05, 4.69) is 43.5 Å². The van der Waals surface area contributed by atoms with E-state index in [9.17, 15) is 10.1 Å². The monoisotopic (exact) mass is 441 g/mol. The highest BCUT2D eigenvalue weighted by atomic mass is 16.5. The SMILES string of the molecule is C=CC(=O)Nc1cc(N2CCOCC2)ccc1Nc1ncc(C#N)c(Nc2ccccc2)n1. The zero-order valence-corrected chi connectivity index (χ0v) is 17.9. The van der Waals surface area contributed by atoms with Gasteiger partial charge in [-0.25, -0.2) is 4.98 Å². The molecule has 1 amide bonds. The summed E-state index contributed by atoms with van der Waals surface area (Å²) in [7, 11) is 0. The number of nitriles is 1. The molecule has 1 aliphatic heterocycles. The van der Waals surface area contributed by atoms with Crippen molar-refractivity contribution in [1.29, 1.82) is 5.26 Å². The van der Waals surface area contributed by atoms with Crippen LogP contribution in [-0.4, -0.2) is 42.2 Å². The van der Waals surface area contributed by atoms with Crippen LogP contribution in [0.1, 0.15) is 5.56 Å². The summed E-state index contributed by atoms with van der Waals surface area (Å²) in [4.78, 5) is 23.0. The molecule has 1 aliphatic rings. The topological polar surface area (TPSA) is 115 Å². The lowest BCUT2D eigenvalue weighted by atomic mass is 10.2. The van der Waals surface area contributed by atoms with Gasteiger partial charge in [-0.3, -0.25) is 4.79 Å². The summed E-state index contributed by atoms with van der Waals surface area (Å²) >= 11 is 0. The molecule has 2 heterocycles. The lowest BCUT2D eigenvalue weighted by Crippen LogP contribution is -2.36. The summed E-state index contributed by atoms with van der Waals surface area (Å²) in [6.45, 7) is 6.39. The van der Waals surface area contributed by atoms with E-state index < -0.39 is 0 Å². The standard InChI is InChI=1S/C24H23N7O2/c1-2-22(32)28-21-14-19(31-10-12-33-13-11-31)8-9-20(21)29-24-26-16-17(15-25)23(30-24)27-18-6-4-3-5-7-18/h2-9,14,16H,1,10-13H2,(H,28,32)(H2,26,27,29,30). The first-order valence-electron chi connectivity index (χ1n) is 10.4. The molecular formula is C24H23N7O2. The molecule has 2 aromatic carbocycles. The number of hydrogen-bond donors (Lipinski definition) is 3. The van der Waals surface area contributed by atoms with Crippen molar-refractivity contribution >= 4 is 40.4 Å². The number of hydrogen-bond acceptors (Lipinski definition) is 8. The van der Waals surface area contributed by atoms with Crippen molar-refractivity contribution in [3.05, 3.63) is 72.9 Å². The van der Waals surface area contributed by atoms with Gasteiger partial charge in [0.2, 0.25) is 11.9 Å². The molecule has 0 bridgehead atoms. The van der Waals surface area contributed by atoms with E-state index in [1.807, 2.05) is 48.5 Å². The van der Waals surface area contributed by atoms with Crippen LogP contribution in [0.25, 0.3) is 0 Å². The maximum absolute atomic E-state index is 12.0. The largest absolute Gasteiger partial charge is 0.378 e. The predicted molar refractivity (Wildman–Crippen MR) is 128 cm³/mol. The van der Waals surface area contributed by atoms with Crippen molar-refractivity contribution in [3.63, 3.8) is 0 Å². The van der Waals surface area contributed by atoms with Crippen molar-refractivity contribution in [2.24, 2.45) is 0 Å². The number of ether oxygens (including phenoxy) is 1. The van der Waals surface area contributed by atoms with E-state index in [0.29, 0.717) is 36.0 Å². The molecule has 1 fully saturated rings. The Kier molecular flexibility index (Phi) is 6.78. The number of aromatic nitrogens is 2. The molecule has 9 heteroatoms. The van der Waals surface area contributed by atoms with Crippen LogP contribution in [0.5, 0.6) is 0 Å². The minimum absolute atomic E-state index is 0.278. The Morgan fingerprint density at radius 3 is 2.64 bits per heavy atom. The number of carbonyl (C=O) groups excluding carboxylic acids is 1. The molecule has 0 atom stereocenters. The number of anilines is 6. The third-order valence-corrected chi connectivity index (χ3v) is 5.01. The highest BCUT2D eigenvalue weighted by Gasteiger charge is 2.15. The first-order valence-corrected chi connectivity index (χ1v) is 10.4. The van der Waals surface area contributed by atoms with Crippen LogP contribution in [0.4, 0.5) is 34.5 Å². The Hall–Kier alpha value is -4.42. The van der Waals surface area contributed by atoms with Crippen molar-refractivity contribution in [2.45, 2.75) is 0 Å². The second-order valence-corrected chi connectivity index (χ2v) is 7.21. The molecule has 3 aromatic rings. The van der Waals surface area contributed by atoms with Crippen molar-refractivity contribution in [2.75, 3.05) is 47.2 Å². The number of para-hydroxylation sites is 1. The van der Waals surface area contributed by atoms with Gasteiger partial charge in [-0.2, -0.15) is 10.2 Å². The Morgan fingerprint density at radius 2 is 1.91 bits per heavy atom. The van der Waals surface area contributed by atoms with Gasteiger partial charge >= 0.3 is 0 Å². The van der Waals surface area contributed by atoms with Gasteiger partial charge in [-0.15, -0.1) is 0 Å². The minimum atomic E-state index is -0.329. The number of nitrogens with zero attached hydrogens (tertiary/aromatic N) is 4. The number of morpholine rings is 1. The summed E-state index contributed by atoms with van der Waals surface area (Å²) in [5, 5.41) is 18.6. The Bertz CT molecular complexity index is 1190. The van der Waals surface area contributed by atoms with Gasteiger partial charge < -0.3 is 25.6 Å². The van der Waals surface area contributed by atoms with Crippen LogP contribution >= 0.6 is 0 Å². The zero-order valence-electron chi connectivity index (χ0n) is 17.9. The van der Waals surface area contributed by atoms with Crippen molar-refractivity contribution in [1.82, 2.24) is 9.97 Å². The van der Waals surface area contributed by atoms with E-state index in [1.54, 1.807) is 0 Å². The summed E-state index contributed by atoms with van der Waals surface area (Å²) in [6.07, 6.45) is 2.66. The molecule has 0 aliphatic carbocycles. The molecular weight excluding hydrogens is 418 g/mol. The zero-order chi connectivity index (χ0) is 23.0. The lowest BCUT2D eigenvalue weighted by Gasteiger charge is -2.29. The summed E-state index contributed by atoms with van der Waals surface area (Å²) in [5.74, 6) is 0.327. The third-order valence-electron chi connectivity index (χ3n) is 5.01. The molecule has 33 heavy (non-hydrogen) atoms. The van der Waals surface area contributed by atoms with Crippen LogP contribution in [-0.2, 0) is 9.53 Å². The van der Waals surface area contributed by atoms with Crippen LogP contribution < -0.4 is 20.9 Å². The average molecular weight is 441 g/mol. The fourth-order valence-electron chi connectivity index (χ4n) is 3.34. The van der Waals surface area contributed by atoms with E-state index in [-0.39, 0.29) is 11.9 Å². The predicted octanol–water partition coefficient (Wildman–Crippen LogP) is 3.80. The molecule has 166 valence electrons. The second-order valence-electron chi connectivity index (χ2n) is 7.21. The van der Waals surface area contributed by atoms with E-state index >= 15 is 0 Å². The maximum Gasteiger partial charge on any atom is 0.247 e. The maximum atomic E-state index is 12.0. The van der Waals surface area contributed by atoms with Crippen molar-refractivity contribution < 1.29 is 9.53 Å². The molecule has 0 radical (unpaired) electrons. The first kappa shape index (κ1) is 21.8. The fraction of sp³-hybridized carbons (Fsp3) is 0.167. The molecule has 3 N–H and O–H groups in total. The normalized spacial score (nSPS) is 13.0. The summed E-state index contributed by atoms with van der Waals surface area (Å²) < 4.78 is 5.43. The Balaban J connectivity index is 1.63. The average Bonchev–Trinajstić information content (AvgIpc) is 2.86. The molecule has 1 saturated heterocycles. The minimum Gasteiger partial charge on any atom is -0.378 e. The second kappa shape index (κ2) is 10.3.